The highest BCUT2D eigenvalue weighted by molar-refractivity contribution is 5.83. The molecule has 1 rings (SSSR count). The summed E-state index contributed by atoms with van der Waals surface area (Å²) in [4.78, 5) is 10.3. The monoisotopic (exact) mass is 191 g/mol. The molecule has 0 heterocycles. The summed E-state index contributed by atoms with van der Waals surface area (Å²) in [5.41, 5.74) is 10.3. The van der Waals surface area contributed by atoms with E-state index in [1.165, 1.54) is 5.56 Å². The van der Waals surface area contributed by atoms with E-state index < -0.39 is 6.03 Å². The molecule has 0 saturated carbocycles. The average Bonchev–Trinajstić information content (AvgIpc) is 2.12. The fourth-order valence-electron chi connectivity index (χ4n) is 1.08. The van der Waals surface area contributed by atoms with Crippen molar-refractivity contribution in [3.63, 3.8) is 0 Å². The van der Waals surface area contributed by atoms with E-state index in [2.05, 4.69) is 10.5 Å². The van der Waals surface area contributed by atoms with Crippen molar-refractivity contribution in [3.05, 3.63) is 34.9 Å². The summed E-state index contributed by atoms with van der Waals surface area (Å²) in [6, 6.07) is 5.22. The Kier molecular flexibility index (Phi) is 3.23. The standard InChI is InChI=1S/C10H13N3O/c1-7-4-3-5-9(8(7)2)6-12-13-10(11)14/h3-6H,1-2H3,(H3,11,13,14)/b12-6+. The highest BCUT2D eigenvalue weighted by atomic mass is 16.2. The third-order valence-electron chi connectivity index (χ3n) is 2.02. The maximum atomic E-state index is 10.3. The first-order chi connectivity index (χ1) is 6.61. The number of hydrogen-bond acceptors (Lipinski definition) is 2. The number of aryl methyl sites for hydroxylation is 1. The normalized spacial score (nSPS) is 10.4. The Morgan fingerprint density at radius 2 is 2.21 bits per heavy atom. The van der Waals surface area contributed by atoms with E-state index in [1.807, 2.05) is 32.0 Å². The molecule has 0 unspecified atom stereocenters. The largest absolute Gasteiger partial charge is 0.350 e. The second-order valence-electron chi connectivity index (χ2n) is 3.02. The van der Waals surface area contributed by atoms with E-state index in [0.29, 0.717) is 0 Å². The molecule has 1 aromatic carbocycles. The molecular formula is C10H13N3O. The van der Waals surface area contributed by atoms with E-state index >= 15 is 0 Å². The number of nitrogens with zero attached hydrogens (tertiary/aromatic N) is 1. The molecule has 4 nitrogen and oxygen atoms in total. The molecule has 0 bridgehead atoms. The number of nitrogens with two attached hydrogens (primary N) is 1. The quantitative estimate of drug-likeness (QED) is 0.537. The summed E-state index contributed by atoms with van der Waals surface area (Å²) >= 11 is 0. The van der Waals surface area contributed by atoms with Crippen LogP contribution in [0, 0.1) is 13.8 Å². The van der Waals surface area contributed by atoms with Crippen molar-refractivity contribution in [1.29, 1.82) is 0 Å². The highest BCUT2D eigenvalue weighted by Gasteiger charge is 1.96. The van der Waals surface area contributed by atoms with Crippen LogP contribution >= 0.6 is 0 Å². The van der Waals surface area contributed by atoms with Gasteiger partial charge >= 0.3 is 6.03 Å². The molecular weight excluding hydrogens is 178 g/mol. The van der Waals surface area contributed by atoms with Gasteiger partial charge < -0.3 is 5.73 Å². The first-order valence-electron chi connectivity index (χ1n) is 4.26. The predicted molar refractivity (Wildman–Crippen MR) is 56.2 cm³/mol. The molecule has 0 aliphatic rings. The zero-order valence-corrected chi connectivity index (χ0v) is 8.24. The van der Waals surface area contributed by atoms with Crippen molar-refractivity contribution in [3.8, 4) is 0 Å². The number of amides is 2. The maximum absolute atomic E-state index is 10.3. The van der Waals surface area contributed by atoms with Gasteiger partial charge in [0.2, 0.25) is 0 Å². The van der Waals surface area contributed by atoms with Crippen molar-refractivity contribution in [2.24, 2.45) is 10.8 Å². The molecule has 0 aliphatic carbocycles. The molecule has 0 spiro atoms. The van der Waals surface area contributed by atoms with Crippen LogP contribution < -0.4 is 11.2 Å². The lowest BCUT2D eigenvalue weighted by molar-refractivity contribution is 0.249. The lowest BCUT2D eigenvalue weighted by Gasteiger charge is -2.02. The van der Waals surface area contributed by atoms with Crippen LogP contribution in [0.2, 0.25) is 0 Å². The Labute approximate surface area is 82.8 Å². The smallest absolute Gasteiger partial charge is 0.332 e. The number of primary amides is 1. The van der Waals surface area contributed by atoms with Crippen LogP contribution in [-0.4, -0.2) is 12.2 Å². The minimum absolute atomic E-state index is 0.661. The van der Waals surface area contributed by atoms with Crippen LogP contribution in [0.15, 0.2) is 23.3 Å². The second-order valence-corrected chi connectivity index (χ2v) is 3.02. The molecule has 14 heavy (non-hydrogen) atoms. The fraction of sp³-hybridized carbons (Fsp3) is 0.200. The molecule has 3 N–H and O–H groups in total. The first kappa shape index (κ1) is 10.2. The number of benzene rings is 1. The Bertz CT molecular complexity index is 372. The Hall–Kier alpha value is -1.84. The maximum Gasteiger partial charge on any atom is 0.332 e. The van der Waals surface area contributed by atoms with Crippen molar-refractivity contribution in [2.45, 2.75) is 13.8 Å². The zero-order chi connectivity index (χ0) is 10.6. The van der Waals surface area contributed by atoms with Crippen LogP contribution in [0.25, 0.3) is 0 Å². The number of hydrogen-bond donors (Lipinski definition) is 2. The number of hydrazone groups is 1. The van der Waals surface area contributed by atoms with Gasteiger partial charge in [-0.25, -0.2) is 10.2 Å². The third-order valence-corrected chi connectivity index (χ3v) is 2.02. The Balaban J connectivity index is 2.81. The Morgan fingerprint density at radius 1 is 1.50 bits per heavy atom. The van der Waals surface area contributed by atoms with Gasteiger partial charge in [-0.3, -0.25) is 0 Å². The van der Waals surface area contributed by atoms with Crippen molar-refractivity contribution < 1.29 is 4.79 Å². The average molecular weight is 191 g/mol. The van der Waals surface area contributed by atoms with Crippen molar-refractivity contribution in [2.75, 3.05) is 0 Å². The van der Waals surface area contributed by atoms with Crippen LogP contribution in [-0.2, 0) is 0 Å². The lowest BCUT2D eigenvalue weighted by atomic mass is 10.0. The summed E-state index contributed by atoms with van der Waals surface area (Å²) in [5, 5.41) is 3.69. The summed E-state index contributed by atoms with van der Waals surface area (Å²) < 4.78 is 0. The topological polar surface area (TPSA) is 67.5 Å². The lowest BCUT2D eigenvalue weighted by Crippen LogP contribution is -2.24. The van der Waals surface area contributed by atoms with E-state index in [9.17, 15) is 4.79 Å². The molecule has 74 valence electrons. The molecule has 2 amide bonds. The molecule has 0 fully saturated rings. The minimum Gasteiger partial charge on any atom is -0.350 e. The summed E-state index contributed by atoms with van der Waals surface area (Å²) in [5.74, 6) is 0. The van der Waals surface area contributed by atoms with Crippen LogP contribution in [0.4, 0.5) is 4.79 Å². The fourth-order valence-corrected chi connectivity index (χ4v) is 1.08. The van der Waals surface area contributed by atoms with Gasteiger partial charge in [-0.15, -0.1) is 0 Å². The minimum atomic E-state index is -0.661. The number of rotatable bonds is 2. The number of carbonyl (C=O) groups is 1. The van der Waals surface area contributed by atoms with E-state index in [0.717, 1.165) is 11.1 Å². The van der Waals surface area contributed by atoms with Crippen LogP contribution in [0.1, 0.15) is 16.7 Å². The molecule has 0 saturated heterocycles. The van der Waals surface area contributed by atoms with E-state index in [1.54, 1.807) is 6.21 Å². The number of carbonyl (C=O) groups excluding carboxylic acids is 1. The first-order valence-corrected chi connectivity index (χ1v) is 4.26. The molecule has 0 aromatic heterocycles. The van der Waals surface area contributed by atoms with E-state index in [4.69, 9.17) is 5.73 Å². The Morgan fingerprint density at radius 3 is 2.86 bits per heavy atom. The van der Waals surface area contributed by atoms with Crippen LogP contribution in [0.5, 0.6) is 0 Å². The molecule has 0 radical (unpaired) electrons. The van der Waals surface area contributed by atoms with Gasteiger partial charge in [-0.05, 0) is 30.5 Å². The van der Waals surface area contributed by atoms with Gasteiger partial charge in [0.05, 0.1) is 6.21 Å². The van der Waals surface area contributed by atoms with Gasteiger partial charge in [0.15, 0.2) is 0 Å². The van der Waals surface area contributed by atoms with Gasteiger partial charge in [-0.1, -0.05) is 18.2 Å². The van der Waals surface area contributed by atoms with Crippen molar-refractivity contribution in [1.82, 2.24) is 5.43 Å². The predicted octanol–water partition coefficient (Wildman–Crippen LogP) is 1.31. The SMILES string of the molecule is Cc1cccc(/C=N/NC(N)=O)c1C. The van der Waals surface area contributed by atoms with Gasteiger partial charge in [0.1, 0.15) is 0 Å². The third kappa shape index (κ3) is 2.58. The molecule has 4 heteroatoms. The molecule has 0 aliphatic heterocycles. The molecule has 1 aromatic rings. The van der Waals surface area contributed by atoms with Crippen LogP contribution in [0.3, 0.4) is 0 Å². The van der Waals surface area contributed by atoms with Gasteiger partial charge in [-0.2, -0.15) is 5.10 Å². The summed E-state index contributed by atoms with van der Waals surface area (Å²) in [6.07, 6.45) is 1.58. The number of urea groups is 1. The zero-order valence-electron chi connectivity index (χ0n) is 8.24. The molecule has 0 atom stereocenters. The van der Waals surface area contributed by atoms with Gasteiger partial charge in [0.25, 0.3) is 0 Å². The van der Waals surface area contributed by atoms with Gasteiger partial charge in [0, 0.05) is 0 Å². The highest BCUT2D eigenvalue weighted by Crippen LogP contribution is 2.09. The number of nitrogens with one attached hydrogen (secondary N) is 1. The second kappa shape index (κ2) is 4.41. The summed E-state index contributed by atoms with van der Waals surface area (Å²) in [7, 11) is 0. The van der Waals surface area contributed by atoms with E-state index in [-0.39, 0.29) is 0 Å². The summed E-state index contributed by atoms with van der Waals surface area (Å²) in [6.45, 7) is 4.02. The van der Waals surface area contributed by atoms with Crippen molar-refractivity contribution >= 4 is 12.2 Å².